The van der Waals surface area contributed by atoms with Crippen LogP contribution in [0.25, 0.3) is 4.85 Å². The molecule has 3 atom stereocenters. The molecule has 2 heterocycles. The van der Waals surface area contributed by atoms with Gasteiger partial charge in [-0.1, -0.05) is 18.7 Å². The van der Waals surface area contributed by atoms with E-state index in [1.54, 1.807) is 19.2 Å². The molecule has 0 aromatic heterocycles. The summed E-state index contributed by atoms with van der Waals surface area (Å²) in [6, 6.07) is 15.1. The van der Waals surface area contributed by atoms with E-state index in [2.05, 4.69) is 33.4 Å². The maximum atomic E-state index is 14.5. The van der Waals surface area contributed by atoms with E-state index in [0.29, 0.717) is 11.7 Å². The highest BCUT2D eigenvalue weighted by Gasteiger charge is 2.58. The van der Waals surface area contributed by atoms with Crippen LogP contribution in [-0.4, -0.2) is 50.8 Å². The average Bonchev–Trinajstić information content (AvgIpc) is 3.35. The topological polar surface area (TPSA) is 29.3 Å². The number of halogens is 1. The molecule has 2 aromatic rings. The van der Waals surface area contributed by atoms with Crippen LogP contribution in [0.1, 0.15) is 44.6 Å². The van der Waals surface area contributed by atoms with Crippen LogP contribution in [0.4, 0.5) is 10.1 Å². The molecule has 1 aliphatic carbocycles. The summed E-state index contributed by atoms with van der Waals surface area (Å²) in [7, 11) is 1.69. The normalized spacial score (nSPS) is 24.3. The Balaban J connectivity index is 1.25. The monoisotopic (exact) mass is 517 g/mol. The average molecular weight is 518 g/mol. The van der Waals surface area contributed by atoms with Crippen LogP contribution in [0.2, 0.25) is 0 Å². The molecule has 2 aliphatic heterocycles. The van der Waals surface area contributed by atoms with E-state index < -0.39 is 5.54 Å². The second-order valence-electron chi connectivity index (χ2n) is 11.4. The van der Waals surface area contributed by atoms with Gasteiger partial charge in [0.1, 0.15) is 17.7 Å². The summed E-state index contributed by atoms with van der Waals surface area (Å²) in [6.45, 7) is 19.6. The van der Waals surface area contributed by atoms with E-state index in [1.807, 2.05) is 25.1 Å². The number of benzene rings is 2. The first-order valence-electron chi connectivity index (χ1n) is 14.0. The van der Waals surface area contributed by atoms with Gasteiger partial charge in [0.2, 0.25) is 0 Å². The number of allylic oxidation sites excluding steroid dienone is 1. The summed E-state index contributed by atoms with van der Waals surface area (Å²) >= 11 is 0. The number of anilines is 1. The summed E-state index contributed by atoms with van der Waals surface area (Å²) < 4.78 is 25.9. The molecule has 0 spiro atoms. The van der Waals surface area contributed by atoms with Crippen molar-refractivity contribution in [3.8, 4) is 5.75 Å². The Morgan fingerprint density at radius 2 is 1.84 bits per heavy atom. The maximum absolute atomic E-state index is 14.5. The van der Waals surface area contributed by atoms with Crippen molar-refractivity contribution >= 4 is 5.69 Å². The van der Waals surface area contributed by atoms with Gasteiger partial charge in [0.15, 0.2) is 0 Å². The van der Waals surface area contributed by atoms with Crippen molar-refractivity contribution in [2.75, 3.05) is 44.7 Å². The van der Waals surface area contributed by atoms with Gasteiger partial charge in [-0.25, -0.2) is 11.0 Å². The molecule has 0 amide bonds. The van der Waals surface area contributed by atoms with Gasteiger partial charge in [-0.3, -0.25) is 0 Å². The van der Waals surface area contributed by atoms with Crippen LogP contribution in [-0.2, 0) is 10.3 Å². The van der Waals surface area contributed by atoms with Crippen LogP contribution in [0.3, 0.4) is 0 Å². The molecule has 1 saturated carbocycles. The molecule has 0 N–H and O–H groups in total. The van der Waals surface area contributed by atoms with Crippen molar-refractivity contribution < 1.29 is 13.9 Å². The van der Waals surface area contributed by atoms with Gasteiger partial charge in [-0.2, -0.15) is 0 Å². The lowest BCUT2D eigenvalue weighted by molar-refractivity contribution is 0.0238. The van der Waals surface area contributed by atoms with E-state index in [1.165, 1.54) is 11.8 Å². The third-order valence-electron chi connectivity index (χ3n) is 8.96. The van der Waals surface area contributed by atoms with E-state index in [4.69, 9.17) is 16.0 Å². The molecule has 2 saturated heterocycles. The zero-order valence-corrected chi connectivity index (χ0v) is 22.7. The molecule has 5 rings (SSSR count). The third kappa shape index (κ3) is 5.27. The standard InChI is InChI=1S/C32H40FN3O2/c1-23(2)38-31-10-6-9-30(31)32(34-3,26-7-5-8-27(33)19-26)25-15-17-35(18-16-25)20-24-21-36(22-24)28-11-13-29(37-4)14-12-28/h5,7-8,11-14,19,24-25,30-31H,1,6,9-10,15-18,20-22H2,2,4H3/t30-,31-,32?/m0/s1. The number of nitrogens with zero attached hydrogens (tertiary/aromatic N) is 3. The molecule has 2 aromatic carbocycles. The van der Waals surface area contributed by atoms with Gasteiger partial charge in [-0.05, 0) is 88.5 Å². The highest BCUT2D eigenvalue weighted by molar-refractivity contribution is 5.51. The van der Waals surface area contributed by atoms with Gasteiger partial charge < -0.3 is 24.1 Å². The maximum Gasteiger partial charge on any atom is 0.266 e. The Morgan fingerprint density at radius 1 is 1.11 bits per heavy atom. The van der Waals surface area contributed by atoms with Gasteiger partial charge in [0.05, 0.1) is 18.8 Å². The second-order valence-corrected chi connectivity index (χ2v) is 11.4. The third-order valence-corrected chi connectivity index (χ3v) is 8.96. The largest absolute Gasteiger partial charge is 0.497 e. The minimum Gasteiger partial charge on any atom is -0.497 e. The minimum absolute atomic E-state index is 0.0400. The number of ether oxygens (including phenoxy) is 2. The van der Waals surface area contributed by atoms with Gasteiger partial charge in [0.25, 0.3) is 5.54 Å². The fourth-order valence-corrected chi connectivity index (χ4v) is 7.17. The zero-order valence-electron chi connectivity index (χ0n) is 22.7. The van der Waals surface area contributed by atoms with Crippen LogP contribution >= 0.6 is 0 Å². The molecule has 38 heavy (non-hydrogen) atoms. The second kappa shape index (κ2) is 11.4. The smallest absolute Gasteiger partial charge is 0.266 e. The highest BCUT2D eigenvalue weighted by Crippen LogP contribution is 2.52. The Bertz CT molecular complexity index is 1150. The lowest BCUT2D eigenvalue weighted by Gasteiger charge is -2.46. The summed E-state index contributed by atoms with van der Waals surface area (Å²) in [5.74, 6) is 2.19. The number of hydrogen-bond acceptors (Lipinski definition) is 4. The SMILES string of the molecule is [C-]#[N+]C(c1cccc(F)c1)(C1CCN(CC2CN(c3ccc(OC)cc3)C2)CC1)[C@H]1CCC[C@@H]1OC(=C)C. The fraction of sp³-hybridized carbons (Fsp3) is 0.531. The highest BCUT2D eigenvalue weighted by atomic mass is 19.1. The van der Waals surface area contributed by atoms with Crippen molar-refractivity contribution in [1.82, 2.24) is 4.90 Å². The van der Waals surface area contributed by atoms with Gasteiger partial charge in [-0.15, -0.1) is 0 Å². The Morgan fingerprint density at radius 3 is 2.47 bits per heavy atom. The molecular weight excluding hydrogens is 477 g/mol. The Kier molecular flexibility index (Phi) is 7.95. The molecular formula is C32H40FN3O2. The summed E-state index contributed by atoms with van der Waals surface area (Å²) in [5, 5.41) is 0. The minimum atomic E-state index is -0.771. The summed E-state index contributed by atoms with van der Waals surface area (Å²) in [6.07, 6.45) is 4.74. The van der Waals surface area contributed by atoms with Crippen molar-refractivity contribution in [3.05, 3.63) is 83.7 Å². The summed E-state index contributed by atoms with van der Waals surface area (Å²) in [4.78, 5) is 9.40. The first-order chi connectivity index (χ1) is 18.4. The van der Waals surface area contributed by atoms with Gasteiger partial charge >= 0.3 is 0 Å². The van der Waals surface area contributed by atoms with Crippen molar-refractivity contribution in [1.29, 1.82) is 0 Å². The first kappa shape index (κ1) is 26.6. The van der Waals surface area contributed by atoms with Crippen LogP contribution in [0.5, 0.6) is 5.75 Å². The van der Waals surface area contributed by atoms with E-state index in [0.717, 1.165) is 76.1 Å². The first-order valence-corrected chi connectivity index (χ1v) is 14.0. The molecule has 5 nitrogen and oxygen atoms in total. The quantitative estimate of drug-likeness (QED) is 0.280. The number of piperidine rings is 1. The Labute approximate surface area is 227 Å². The van der Waals surface area contributed by atoms with Crippen LogP contribution in [0, 0.1) is 30.1 Å². The van der Waals surface area contributed by atoms with E-state index >= 15 is 0 Å². The fourth-order valence-electron chi connectivity index (χ4n) is 7.17. The lowest BCUT2D eigenvalue weighted by atomic mass is 9.65. The molecule has 0 bridgehead atoms. The Hall–Kier alpha value is -3.04. The molecule has 202 valence electrons. The van der Waals surface area contributed by atoms with Crippen molar-refractivity contribution in [3.63, 3.8) is 0 Å². The van der Waals surface area contributed by atoms with Crippen LogP contribution < -0.4 is 9.64 Å². The van der Waals surface area contributed by atoms with E-state index in [9.17, 15) is 4.39 Å². The number of rotatable bonds is 9. The van der Waals surface area contributed by atoms with Crippen molar-refractivity contribution in [2.24, 2.45) is 17.8 Å². The molecule has 3 fully saturated rings. The molecule has 6 heteroatoms. The predicted molar refractivity (Wildman–Crippen MR) is 150 cm³/mol. The van der Waals surface area contributed by atoms with E-state index in [-0.39, 0.29) is 23.8 Å². The van der Waals surface area contributed by atoms with Gasteiger partial charge in [0, 0.05) is 42.7 Å². The summed E-state index contributed by atoms with van der Waals surface area (Å²) in [5.41, 5.74) is 1.30. The molecule has 1 unspecified atom stereocenters. The number of likely N-dealkylation sites (tertiary alicyclic amines) is 1. The molecule has 3 aliphatic rings. The molecule has 0 radical (unpaired) electrons. The van der Waals surface area contributed by atoms with Crippen LogP contribution in [0.15, 0.2) is 60.9 Å². The predicted octanol–water partition coefficient (Wildman–Crippen LogP) is 6.52. The zero-order chi connectivity index (χ0) is 26.7. The number of methoxy groups -OCH3 is 1. The van der Waals surface area contributed by atoms with Crippen molar-refractivity contribution in [2.45, 2.75) is 50.7 Å². The lowest BCUT2D eigenvalue weighted by Crippen LogP contribution is -2.54. The number of hydrogen-bond donors (Lipinski definition) is 0.